The van der Waals surface area contributed by atoms with Crippen LogP contribution in [0.4, 0.5) is 0 Å². The third-order valence-electron chi connectivity index (χ3n) is 4.98. The molecule has 0 fully saturated rings. The Morgan fingerprint density at radius 1 is 0.583 bits per heavy atom. The van der Waals surface area contributed by atoms with Crippen molar-refractivity contribution in [3.05, 3.63) is 60.7 Å². The second-order valence-corrected chi connectivity index (χ2v) is 6.07. The molecule has 1 aliphatic carbocycles. The quantitative estimate of drug-likeness (QED) is 0.419. The number of methoxy groups -OCH3 is 2. The number of fused-ring (bicyclic) bond motifs is 5. The maximum atomic E-state index is 5.82. The third kappa shape index (κ3) is 1.50. The number of hydrogen-bond acceptors (Lipinski definition) is 2. The fraction of sp³-hybridized carbons (Fsp3) is 0.0909. The highest BCUT2D eigenvalue weighted by molar-refractivity contribution is 6.23. The zero-order valence-electron chi connectivity index (χ0n) is 13.6. The van der Waals surface area contributed by atoms with E-state index in [1.807, 2.05) is 6.07 Å². The molecule has 0 radical (unpaired) electrons. The van der Waals surface area contributed by atoms with Crippen molar-refractivity contribution >= 4 is 21.5 Å². The molecule has 0 aliphatic heterocycles. The van der Waals surface area contributed by atoms with E-state index in [4.69, 9.17) is 9.47 Å². The van der Waals surface area contributed by atoms with E-state index in [-0.39, 0.29) is 0 Å². The van der Waals surface area contributed by atoms with Gasteiger partial charge < -0.3 is 9.47 Å². The zero-order chi connectivity index (χ0) is 16.3. The summed E-state index contributed by atoms with van der Waals surface area (Å²) in [5.74, 6) is 1.62. The molecule has 0 saturated carbocycles. The molecule has 0 atom stereocenters. The molecule has 2 heteroatoms. The normalized spacial score (nSPS) is 11.8. The lowest BCUT2D eigenvalue weighted by atomic mass is 9.95. The van der Waals surface area contributed by atoms with Crippen molar-refractivity contribution in [1.82, 2.24) is 0 Å². The summed E-state index contributed by atoms with van der Waals surface area (Å²) in [6.45, 7) is 0. The van der Waals surface area contributed by atoms with Crippen LogP contribution in [-0.4, -0.2) is 14.2 Å². The van der Waals surface area contributed by atoms with Gasteiger partial charge in [-0.15, -0.1) is 0 Å². The minimum absolute atomic E-state index is 0.802. The molecule has 4 aromatic carbocycles. The predicted molar refractivity (Wildman–Crippen MR) is 99.0 cm³/mol. The Bertz CT molecular complexity index is 1120. The monoisotopic (exact) mass is 312 g/mol. The van der Waals surface area contributed by atoms with Gasteiger partial charge in [0.25, 0.3) is 0 Å². The summed E-state index contributed by atoms with van der Waals surface area (Å²) in [6.07, 6.45) is 0. The topological polar surface area (TPSA) is 18.5 Å². The van der Waals surface area contributed by atoms with Crippen molar-refractivity contribution in [2.24, 2.45) is 0 Å². The minimum Gasteiger partial charge on any atom is -0.492 e. The molecule has 0 amide bonds. The Morgan fingerprint density at radius 2 is 1.21 bits per heavy atom. The largest absolute Gasteiger partial charge is 0.492 e. The molecular weight excluding hydrogens is 296 g/mol. The van der Waals surface area contributed by atoms with Gasteiger partial charge in [-0.1, -0.05) is 60.7 Å². The Labute approximate surface area is 140 Å². The van der Waals surface area contributed by atoms with Crippen LogP contribution in [0.1, 0.15) is 0 Å². The van der Waals surface area contributed by atoms with E-state index in [2.05, 4.69) is 54.6 Å². The van der Waals surface area contributed by atoms with E-state index in [1.54, 1.807) is 14.2 Å². The van der Waals surface area contributed by atoms with Crippen LogP contribution in [0.2, 0.25) is 0 Å². The second kappa shape index (κ2) is 4.75. The Hall–Kier alpha value is -3.00. The average molecular weight is 312 g/mol. The van der Waals surface area contributed by atoms with Crippen molar-refractivity contribution in [2.75, 3.05) is 14.2 Å². The van der Waals surface area contributed by atoms with Gasteiger partial charge in [-0.2, -0.15) is 0 Å². The van der Waals surface area contributed by atoms with Gasteiger partial charge in [-0.3, -0.25) is 0 Å². The molecule has 0 N–H and O–H groups in total. The molecule has 0 spiro atoms. The van der Waals surface area contributed by atoms with E-state index in [0.29, 0.717) is 0 Å². The van der Waals surface area contributed by atoms with Crippen LogP contribution in [0.5, 0.6) is 11.5 Å². The summed E-state index contributed by atoms with van der Waals surface area (Å²) >= 11 is 0. The maximum absolute atomic E-state index is 5.82. The molecule has 0 aromatic heterocycles. The fourth-order valence-corrected chi connectivity index (χ4v) is 4.07. The predicted octanol–water partition coefficient (Wildman–Crippen LogP) is 5.66. The van der Waals surface area contributed by atoms with Gasteiger partial charge in [0, 0.05) is 16.5 Å². The minimum atomic E-state index is 0.802. The summed E-state index contributed by atoms with van der Waals surface area (Å²) in [6, 6.07) is 21.3. The standard InChI is InChI=1S/C22H16O2/c1-23-21-15-10-4-3-9-14(15)19-16-11-5-7-13-8-6-12-17(18(13)16)20(19)22(21)24-2/h3-12H,1-2H3. The van der Waals surface area contributed by atoms with Gasteiger partial charge in [0.05, 0.1) is 14.2 Å². The van der Waals surface area contributed by atoms with E-state index in [1.165, 1.54) is 32.8 Å². The van der Waals surface area contributed by atoms with Crippen LogP contribution in [0, 0.1) is 0 Å². The van der Waals surface area contributed by atoms with Crippen LogP contribution in [0.25, 0.3) is 43.8 Å². The molecule has 0 heterocycles. The highest BCUT2D eigenvalue weighted by Gasteiger charge is 2.29. The Balaban J connectivity index is 2.09. The number of hydrogen-bond donors (Lipinski definition) is 0. The first-order valence-corrected chi connectivity index (χ1v) is 8.04. The molecule has 1 aliphatic rings. The Morgan fingerprint density at radius 3 is 1.88 bits per heavy atom. The van der Waals surface area contributed by atoms with Crippen LogP contribution >= 0.6 is 0 Å². The van der Waals surface area contributed by atoms with Crippen molar-refractivity contribution < 1.29 is 9.47 Å². The second-order valence-electron chi connectivity index (χ2n) is 6.07. The van der Waals surface area contributed by atoms with Gasteiger partial charge in [0.15, 0.2) is 11.5 Å². The van der Waals surface area contributed by atoms with Crippen LogP contribution in [0.15, 0.2) is 60.7 Å². The summed E-state index contributed by atoms with van der Waals surface area (Å²) < 4.78 is 11.6. The Kier molecular flexibility index (Phi) is 2.66. The first-order chi connectivity index (χ1) is 11.8. The van der Waals surface area contributed by atoms with E-state index < -0.39 is 0 Å². The first-order valence-electron chi connectivity index (χ1n) is 8.04. The molecule has 0 unspecified atom stereocenters. The van der Waals surface area contributed by atoms with Gasteiger partial charge >= 0.3 is 0 Å². The first kappa shape index (κ1) is 13.4. The highest BCUT2D eigenvalue weighted by Crippen LogP contribution is 2.57. The molecule has 0 saturated heterocycles. The van der Waals surface area contributed by atoms with Gasteiger partial charge in [0.1, 0.15) is 0 Å². The van der Waals surface area contributed by atoms with Crippen molar-refractivity contribution in [1.29, 1.82) is 0 Å². The fourth-order valence-electron chi connectivity index (χ4n) is 4.07. The lowest BCUT2D eigenvalue weighted by Crippen LogP contribution is -1.95. The summed E-state index contributed by atoms with van der Waals surface area (Å²) in [4.78, 5) is 0. The lowest BCUT2D eigenvalue weighted by molar-refractivity contribution is 0.360. The van der Waals surface area contributed by atoms with Crippen molar-refractivity contribution in [3.63, 3.8) is 0 Å². The van der Waals surface area contributed by atoms with Crippen LogP contribution < -0.4 is 9.47 Å². The molecule has 116 valence electrons. The van der Waals surface area contributed by atoms with E-state index >= 15 is 0 Å². The van der Waals surface area contributed by atoms with Gasteiger partial charge in [-0.25, -0.2) is 0 Å². The van der Waals surface area contributed by atoms with Crippen molar-refractivity contribution in [2.45, 2.75) is 0 Å². The van der Waals surface area contributed by atoms with Crippen LogP contribution in [0.3, 0.4) is 0 Å². The summed E-state index contributed by atoms with van der Waals surface area (Å²) in [7, 11) is 3.43. The third-order valence-corrected chi connectivity index (χ3v) is 4.98. The van der Waals surface area contributed by atoms with E-state index in [0.717, 1.165) is 22.4 Å². The molecule has 0 bridgehead atoms. The highest BCUT2D eigenvalue weighted by atomic mass is 16.5. The van der Waals surface area contributed by atoms with Crippen molar-refractivity contribution in [3.8, 4) is 33.8 Å². The summed E-state index contributed by atoms with van der Waals surface area (Å²) in [5, 5.41) is 4.84. The zero-order valence-corrected chi connectivity index (χ0v) is 13.6. The molecule has 24 heavy (non-hydrogen) atoms. The van der Waals surface area contributed by atoms with Gasteiger partial charge in [0.2, 0.25) is 0 Å². The average Bonchev–Trinajstić information content (AvgIpc) is 2.98. The van der Waals surface area contributed by atoms with Gasteiger partial charge in [-0.05, 0) is 27.3 Å². The summed E-state index contributed by atoms with van der Waals surface area (Å²) in [5.41, 5.74) is 4.88. The lowest BCUT2D eigenvalue weighted by Gasteiger charge is -2.17. The number of benzene rings is 4. The number of rotatable bonds is 2. The SMILES string of the molecule is COc1c2c(c3ccccc3c1OC)-c1cccc3cccc-2c13. The maximum Gasteiger partial charge on any atom is 0.169 e. The number of ether oxygens (including phenoxy) is 2. The molecule has 4 aromatic rings. The van der Waals surface area contributed by atoms with E-state index in [9.17, 15) is 0 Å². The molecule has 2 nitrogen and oxygen atoms in total. The van der Waals surface area contributed by atoms with Crippen LogP contribution in [-0.2, 0) is 0 Å². The molecule has 5 rings (SSSR count). The molecular formula is C22H16O2. The smallest absolute Gasteiger partial charge is 0.169 e.